The first-order valence-corrected chi connectivity index (χ1v) is 13.9. The molecule has 1 amide bonds. The van der Waals surface area contributed by atoms with E-state index in [4.69, 9.17) is 0 Å². The molecule has 1 fully saturated rings. The van der Waals surface area contributed by atoms with E-state index in [2.05, 4.69) is 61.9 Å². The lowest BCUT2D eigenvalue weighted by molar-refractivity contribution is 0.102. The van der Waals surface area contributed by atoms with Gasteiger partial charge in [-0.1, -0.05) is 6.07 Å². The topological polar surface area (TPSA) is 98.2 Å². The van der Waals surface area contributed by atoms with Crippen LogP contribution >= 0.6 is 0 Å². The summed E-state index contributed by atoms with van der Waals surface area (Å²) in [6.45, 7) is 1.77. The van der Waals surface area contributed by atoms with Gasteiger partial charge in [-0.25, -0.2) is 4.98 Å². The van der Waals surface area contributed by atoms with Gasteiger partial charge < -0.3 is 25.6 Å². The number of nitrogens with zero attached hydrogens (tertiary/aromatic N) is 3. The fraction of sp³-hybridized carbons (Fsp3) is 0.152. The highest BCUT2D eigenvalue weighted by atomic mass is 16.3. The lowest BCUT2D eigenvalue weighted by Crippen LogP contribution is -2.35. The number of anilines is 4. The van der Waals surface area contributed by atoms with Gasteiger partial charge in [0.15, 0.2) is 0 Å². The Balaban J connectivity index is 1.02. The van der Waals surface area contributed by atoms with Gasteiger partial charge in [0.05, 0.1) is 17.1 Å². The van der Waals surface area contributed by atoms with Gasteiger partial charge in [0.25, 0.3) is 5.91 Å². The van der Waals surface area contributed by atoms with Crippen molar-refractivity contribution < 1.29 is 9.90 Å². The van der Waals surface area contributed by atoms with Crippen molar-refractivity contribution in [3.8, 4) is 5.69 Å². The Labute approximate surface area is 237 Å². The average molecular weight is 543 g/mol. The number of nitrogens with one attached hydrogen (secondary N) is 3. The maximum atomic E-state index is 12.8. The van der Waals surface area contributed by atoms with E-state index in [9.17, 15) is 9.90 Å². The molecule has 1 aliphatic heterocycles. The third-order valence-electron chi connectivity index (χ3n) is 7.75. The zero-order valence-electron chi connectivity index (χ0n) is 22.4. The SMILES string of the molecule is O=C(Nc1ccc(-n2cnc3cc(Nc4ccc(N5CCC(O)CC5)cc4)ccc32)cc1)c1ccc2cc[nH]c2c1. The second-order valence-electron chi connectivity index (χ2n) is 10.5. The fourth-order valence-electron chi connectivity index (χ4n) is 5.44. The third kappa shape index (κ3) is 5.13. The first-order chi connectivity index (χ1) is 20.1. The molecule has 3 heterocycles. The van der Waals surface area contributed by atoms with Crippen molar-refractivity contribution in [3.05, 3.63) is 109 Å². The van der Waals surface area contributed by atoms with Crippen molar-refractivity contribution in [2.45, 2.75) is 18.9 Å². The predicted molar refractivity (Wildman–Crippen MR) is 165 cm³/mol. The van der Waals surface area contributed by atoms with E-state index in [1.165, 1.54) is 5.69 Å². The van der Waals surface area contributed by atoms with Crippen LogP contribution in [0, 0.1) is 0 Å². The number of aromatic nitrogens is 3. The first kappa shape index (κ1) is 24.9. The number of aliphatic hydroxyl groups excluding tert-OH is 1. The minimum Gasteiger partial charge on any atom is -0.393 e. The van der Waals surface area contributed by atoms with Gasteiger partial charge in [-0.3, -0.25) is 9.36 Å². The number of imidazole rings is 1. The molecule has 2 aromatic heterocycles. The minimum absolute atomic E-state index is 0.150. The van der Waals surface area contributed by atoms with Gasteiger partial charge in [-0.2, -0.15) is 0 Å². The van der Waals surface area contributed by atoms with Crippen LogP contribution in [0.15, 0.2) is 104 Å². The molecule has 8 nitrogen and oxygen atoms in total. The fourth-order valence-corrected chi connectivity index (χ4v) is 5.44. The number of rotatable bonds is 6. The summed E-state index contributed by atoms with van der Waals surface area (Å²) >= 11 is 0. The van der Waals surface area contributed by atoms with Crippen LogP contribution in [0.1, 0.15) is 23.2 Å². The van der Waals surface area contributed by atoms with E-state index in [-0.39, 0.29) is 12.0 Å². The van der Waals surface area contributed by atoms with Gasteiger partial charge in [0.2, 0.25) is 0 Å². The molecule has 0 atom stereocenters. The van der Waals surface area contributed by atoms with Crippen molar-refractivity contribution in [2.24, 2.45) is 0 Å². The highest BCUT2D eigenvalue weighted by Gasteiger charge is 2.17. The van der Waals surface area contributed by atoms with Gasteiger partial charge in [0, 0.05) is 58.8 Å². The Hall–Kier alpha value is -5.08. The average Bonchev–Trinajstić information content (AvgIpc) is 3.65. The molecule has 4 aromatic carbocycles. The Morgan fingerprint density at radius 3 is 2.37 bits per heavy atom. The van der Waals surface area contributed by atoms with Gasteiger partial charge in [-0.05, 0) is 103 Å². The number of H-pyrrole nitrogens is 1. The van der Waals surface area contributed by atoms with E-state index < -0.39 is 0 Å². The maximum absolute atomic E-state index is 12.8. The van der Waals surface area contributed by atoms with Crippen molar-refractivity contribution in [1.29, 1.82) is 0 Å². The molecule has 7 rings (SSSR count). The number of aromatic amines is 1. The van der Waals surface area contributed by atoms with E-state index in [1.807, 2.05) is 71.7 Å². The molecule has 0 radical (unpaired) electrons. The smallest absolute Gasteiger partial charge is 0.255 e. The normalized spacial score (nSPS) is 14.0. The zero-order chi connectivity index (χ0) is 27.8. The number of aliphatic hydroxyl groups is 1. The standard InChI is InChI=1S/C33H30N6O2/c40-29-14-17-38(18-15-29)27-8-3-24(4-9-27)36-26-7-12-32-31(20-26)35-21-39(32)28-10-5-25(6-11-28)37-33(41)23-2-1-22-13-16-34-30(22)19-23/h1-13,16,19-21,29,34,36,40H,14-15,17-18H2,(H,37,41). The molecule has 0 aliphatic carbocycles. The molecular formula is C33H30N6O2. The highest BCUT2D eigenvalue weighted by Crippen LogP contribution is 2.27. The van der Waals surface area contributed by atoms with Crippen molar-refractivity contribution >= 4 is 50.6 Å². The number of hydrogen-bond donors (Lipinski definition) is 4. The number of hydrogen-bond acceptors (Lipinski definition) is 5. The minimum atomic E-state index is -0.172. The number of carbonyl (C=O) groups is 1. The first-order valence-electron chi connectivity index (χ1n) is 13.9. The molecule has 1 aliphatic rings. The largest absolute Gasteiger partial charge is 0.393 e. The quantitative estimate of drug-likeness (QED) is 0.194. The summed E-state index contributed by atoms with van der Waals surface area (Å²) in [5.41, 5.74) is 8.26. The summed E-state index contributed by atoms with van der Waals surface area (Å²) in [6, 6.07) is 29.9. The predicted octanol–water partition coefficient (Wildman–Crippen LogP) is 6.46. The Kier molecular flexibility index (Phi) is 6.37. The molecule has 0 bridgehead atoms. The van der Waals surface area contributed by atoms with Gasteiger partial charge >= 0.3 is 0 Å². The molecule has 8 heteroatoms. The van der Waals surface area contributed by atoms with Crippen LogP contribution in [-0.4, -0.2) is 44.7 Å². The third-order valence-corrected chi connectivity index (χ3v) is 7.75. The molecule has 0 saturated carbocycles. The summed E-state index contributed by atoms with van der Waals surface area (Å²) in [5.74, 6) is -0.150. The summed E-state index contributed by atoms with van der Waals surface area (Å²) in [7, 11) is 0. The second kappa shape index (κ2) is 10.5. The van der Waals surface area contributed by atoms with Crippen LogP contribution in [-0.2, 0) is 0 Å². The van der Waals surface area contributed by atoms with E-state index in [0.717, 1.165) is 70.6 Å². The molecule has 4 N–H and O–H groups in total. The molecule has 6 aromatic rings. The number of amides is 1. The van der Waals surface area contributed by atoms with Crippen molar-refractivity contribution in [1.82, 2.24) is 14.5 Å². The van der Waals surface area contributed by atoms with E-state index >= 15 is 0 Å². The van der Waals surface area contributed by atoms with Gasteiger partial charge in [0.1, 0.15) is 6.33 Å². The summed E-state index contributed by atoms with van der Waals surface area (Å²) in [5, 5.41) is 17.3. The molecule has 204 valence electrons. The van der Waals surface area contributed by atoms with Crippen molar-refractivity contribution in [3.63, 3.8) is 0 Å². The summed E-state index contributed by atoms with van der Waals surface area (Å²) < 4.78 is 2.04. The van der Waals surface area contributed by atoms with Crippen LogP contribution < -0.4 is 15.5 Å². The molecular weight excluding hydrogens is 512 g/mol. The summed E-state index contributed by atoms with van der Waals surface area (Å²) in [4.78, 5) is 22.9. The Morgan fingerprint density at radius 1 is 0.829 bits per heavy atom. The van der Waals surface area contributed by atoms with Crippen LogP contribution in [0.4, 0.5) is 22.7 Å². The monoisotopic (exact) mass is 542 g/mol. The maximum Gasteiger partial charge on any atom is 0.255 e. The highest BCUT2D eigenvalue weighted by molar-refractivity contribution is 6.06. The van der Waals surface area contributed by atoms with Crippen molar-refractivity contribution in [2.75, 3.05) is 28.6 Å². The van der Waals surface area contributed by atoms with Gasteiger partial charge in [-0.15, -0.1) is 0 Å². The number of fused-ring (bicyclic) bond motifs is 2. The lowest BCUT2D eigenvalue weighted by atomic mass is 10.1. The Bertz CT molecular complexity index is 1830. The number of piperidine rings is 1. The molecule has 1 saturated heterocycles. The second-order valence-corrected chi connectivity index (χ2v) is 10.5. The van der Waals surface area contributed by atoms with E-state index in [0.29, 0.717) is 5.56 Å². The zero-order valence-corrected chi connectivity index (χ0v) is 22.4. The number of carbonyl (C=O) groups excluding carboxylic acids is 1. The Morgan fingerprint density at radius 2 is 1.56 bits per heavy atom. The van der Waals surface area contributed by atoms with Crippen LogP contribution in [0.25, 0.3) is 27.6 Å². The number of benzene rings is 4. The van der Waals surface area contributed by atoms with E-state index in [1.54, 1.807) is 0 Å². The van der Waals surface area contributed by atoms with Crippen LogP contribution in [0.5, 0.6) is 0 Å². The van der Waals surface area contributed by atoms with Crippen LogP contribution in [0.2, 0.25) is 0 Å². The molecule has 0 spiro atoms. The lowest BCUT2D eigenvalue weighted by Gasteiger charge is -2.31. The molecule has 0 unspecified atom stereocenters. The summed E-state index contributed by atoms with van der Waals surface area (Å²) in [6.07, 6.45) is 5.15. The van der Waals surface area contributed by atoms with Crippen LogP contribution in [0.3, 0.4) is 0 Å². The molecule has 41 heavy (non-hydrogen) atoms.